The van der Waals surface area contributed by atoms with E-state index in [2.05, 4.69) is 28.7 Å². The molecule has 2 heterocycles. The molecule has 0 fully saturated rings. The van der Waals surface area contributed by atoms with Crippen LogP contribution < -0.4 is 9.80 Å². The second-order valence-electron chi connectivity index (χ2n) is 6.14. The summed E-state index contributed by atoms with van der Waals surface area (Å²) in [6.07, 6.45) is 2.50. The van der Waals surface area contributed by atoms with E-state index in [1.165, 1.54) is 0 Å². The van der Waals surface area contributed by atoms with Crippen molar-refractivity contribution in [1.29, 1.82) is 10.8 Å². The minimum absolute atomic E-state index is 0.201. The molecule has 0 bridgehead atoms. The molecule has 0 radical (unpaired) electrons. The number of nitrogens with zero attached hydrogens (tertiary/aromatic N) is 4. The summed E-state index contributed by atoms with van der Waals surface area (Å²) < 4.78 is 0. The van der Waals surface area contributed by atoms with E-state index in [0.717, 1.165) is 23.8 Å². The van der Waals surface area contributed by atoms with Gasteiger partial charge in [-0.25, -0.2) is 9.97 Å². The number of hydrogen-bond donors (Lipinski definition) is 2. The van der Waals surface area contributed by atoms with Gasteiger partial charge < -0.3 is 4.90 Å². The summed E-state index contributed by atoms with van der Waals surface area (Å²) >= 11 is 0. The monoisotopic (exact) mass is 288 g/mol. The highest BCUT2D eigenvalue weighted by molar-refractivity contribution is 6.23. The Hall–Kier alpha value is -1.98. The number of anilines is 2. The van der Waals surface area contributed by atoms with E-state index in [9.17, 15) is 0 Å². The van der Waals surface area contributed by atoms with Gasteiger partial charge in [0.05, 0.1) is 11.7 Å². The van der Waals surface area contributed by atoms with Crippen molar-refractivity contribution in [1.82, 2.24) is 9.97 Å². The number of hydrogen-bond acceptors (Lipinski definition) is 5. The number of amidine groups is 2. The number of aryl methyl sites for hydroxylation is 1. The summed E-state index contributed by atoms with van der Waals surface area (Å²) in [5.74, 6) is 2.28. The van der Waals surface area contributed by atoms with Gasteiger partial charge in [-0.2, -0.15) is 0 Å². The quantitative estimate of drug-likeness (QED) is 0.648. The molecule has 114 valence electrons. The molecular formula is C15H24N6. The Kier molecular flexibility index (Phi) is 3.74. The van der Waals surface area contributed by atoms with Crippen molar-refractivity contribution in [3.63, 3.8) is 0 Å². The Morgan fingerprint density at radius 3 is 2.48 bits per heavy atom. The average Bonchev–Trinajstić information content (AvgIpc) is 2.38. The zero-order valence-electron chi connectivity index (χ0n) is 13.7. The molecule has 0 aliphatic carbocycles. The highest BCUT2D eigenvalue weighted by atomic mass is 15.4. The van der Waals surface area contributed by atoms with Crippen LogP contribution in [0.3, 0.4) is 0 Å². The molecule has 6 nitrogen and oxygen atoms in total. The first-order valence-corrected chi connectivity index (χ1v) is 7.31. The van der Waals surface area contributed by atoms with E-state index in [-0.39, 0.29) is 6.04 Å². The summed E-state index contributed by atoms with van der Waals surface area (Å²) in [5.41, 5.74) is 0.195. The first-order chi connectivity index (χ1) is 9.71. The number of nitrogens with one attached hydrogen (secondary N) is 2. The SMILES string of the molecule is CCc1ncc2c(n1)N(C(C)C)C(C)(C)C(=N)N2C(C)=N. The Morgan fingerprint density at radius 1 is 1.38 bits per heavy atom. The molecule has 0 saturated carbocycles. The summed E-state index contributed by atoms with van der Waals surface area (Å²) in [7, 11) is 0. The molecule has 1 aliphatic heterocycles. The Balaban J connectivity index is 2.74. The first-order valence-electron chi connectivity index (χ1n) is 7.31. The summed E-state index contributed by atoms with van der Waals surface area (Å²) in [4.78, 5) is 12.8. The molecule has 21 heavy (non-hydrogen) atoms. The summed E-state index contributed by atoms with van der Waals surface area (Å²) in [6.45, 7) is 11.9. The van der Waals surface area contributed by atoms with Crippen molar-refractivity contribution >= 4 is 23.2 Å². The van der Waals surface area contributed by atoms with E-state index in [1.807, 2.05) is 20.8 Å². The second-order valence-corrected chi connectivity index (χ2v) is 6.14. The standard InChI is InChI=1S/C15H24N6/c1-7-12-18-8-11-13(19-12)21(9(2)3)15(5,6)14(17)20(11)10(4)16/h8-9,16-17H,7H2,1-6H3. The van der Waals surface area contributed by atoms with Gasteiger partial charge in [0.15, 0.2) is 5.82 Å². The number of fused-ring (bicyclic) bond motifs is 1. The maximum Gasteiger partial charge on any atom is 0.157 e. The van der Waals surface area contributed by atoms with E-state index in [4.69, 9.17) is 10.8 Å². The first kappa shape index (κ1) is 15.4. The van der Waals surface area contributed by atoms with Crippen LogP contribution in [0.5, 0.6) is 0 Å². The lowest BCUT2D eigenvalue weighted by Crippen LogP contribution is -2.63. The number of rotatable bonds is 2. The fraction of sp³-hybridized carbons (Fsp3) is 0.600. The van der Waals surface area contributed by atoms with Gasteiger partial charge in [-0.1, -0.05) is 6.92 Å². The fourth-order valence-corrected chi connectivity index (χ4v) is 2.92. The van der Waals surface area contributed by atoms with Crippen LogP contribution in [0, 0.1) is 10.8 Å². The van der Waals surface area contributed by atoms with Gasteiger partial charge >= 0.3 is 0 Å². The van der Waals surface area contributed by atoms with Crippen molar-refractivity contribution in [3.8, 4) is 0 Å². The lowest BCUT2D eigenvalue weighted by atomic mass is 9.94. The van der Waals surface area contributed by atoms with Crippen LogP contribution in [-0.2, 0) is 6.42 Å². The van der Waals surface area contributed by atoms with E-state index in [1.54, 1.807) is 18.0 Å². The molecule has 2 rings (SSSR count). The maximum absolute atomic E-state index is 8.52. The van der Waals surface area contributed by atoms with Crippen molar-refractivity contribution < 1.29 is 0 Å². The van der Waals surface area contributed by atoms with Crippen LogP contribution in [0.2, 0.25) is 0 Å². The largest absolute Gasteiger partial charge is 0.340 e. The van der Waals surface area contributed by atoms with Crippen LogP contribution in [-0.4, -0.2) is 33.2 Å². The lowest BCUT2D eigenvalue weighted by Gasteiger charge is -2.50. The normalized spacial score (nSPS) is 17.2. The molecular weight excluding hydrogens is 264 g/mol. The Morgan fingerprint density at radius 2 is 2.00 bits per heavy atom. The van der Waals surface area contributed by atoms with Gasteiger partial charge in [0.25, 0.3) is 0 Å². The van der Waals surface area contributed by atoms with Gasteiger partial charge in [0.1, 0.15) is 23.2 Å². The van der Waals surface area contributed by atoms with Crippen LogP contribution in [0.25, 0.3) is 0 Å². The molecule has 1 aromatic rings. The predicted molar refractivity (Wildman–Crippen MR) is 86.7 cm³/mol. The number of aromatic nitrogens is 2. The molecule has 0 atom stereocenters. The molecule has 0 aromatic carbocycles. The van der Waals surface area contributed by atoms with Crippen LogP contribution in [0.1, 0.15) is 47.4 Å². The van der Waals surface area contributed by atoms with Crippen molar-refractivity contribution in [3.05, 3.63) is 12.0 Å². The second kappa shape index (κ2) is 5.09. The van der Waals surface area contributed by atoms with Crippen molar-refractivity contribution in [2.45, 2.75) is 59.5 Å². The fourth-order valence-electron chi connectivity index (χ4n) is 2.92. The molecule has 2 N–H and O–H groups in total. The van der Waals surface area contributed by atoms with Gasteiger partial charge in [0.2, 0.25) is 0 Å². The third kappa shape index (κ3) is 2.28. The predicted octanol–water partition coefficient (Wildman–Crippen LogP) is 2.83. The van der Waals surface area contributed by atoms with Gasteiger partial charge in [-0.05, 0) is 34.6 Å². The molecule has 0 spiro atoms. The molecule has 6 heteroatoms. The van der Waals surface area contributed by atoms with Crippen LogP contribution >= 0.6 is 0 Å². The van der Waals surface area contributed by atoms with Gasteiger partial charge in [0, 0.05) is 12.5 Å². The van der Waals surface area contributed by atoms with E-state index < -0.39 is 5.54 Å². The lowest BCUT2D eigenvalue weighted by molar-refractivity contribution is 0.517. The Labute approximate surface area is 126 Å². The average molecular weight is 288 g/mol. The van der Waals surface area contributed by atoms with E-state index >= 15 is 0 Å². The van der Waals surface area contributed by atoms with Gasteiger partial charge in [-0.3, -0.25) is 15.7 Å². The van der Waals surface area contributed by atoms with E-state index in [0.29, 0.717) is 11.7 Å². The zero-order valence-corrected chi connectivity index (χ0v) is 13.7. The third-order valence-electron chi connectivity index (χ3n) is 3.84. The highest BCUT2D eigenvalue weighted by Gasteiger charge is 2.44. The maximum atomic E-state index is 8.52. The minimum atomic E-state index is -0.525. The van der Waals surface area contributed by atoms with Crippen molar-refractivity contribution in [2.24, 2.45) is 0 Å². The highest BCUT2D eigenvalue weighted by Crippen LogP contribution is 2.40. The van der Waals surface area contributed by atoms with Gasteiger partial charge in [-0.15, -0.1) is 0 Å². The Bertz CT molecular complexity index is 590. The molecule has 1 aromatic heterocycles. The van der Waals surface area contributed by atoms with Crippen LogP contribution in [0.4, 0.5) is 11.5 Å². The summed E-state index contributed by atoms with van der Waals surface area (Å²) in [5, 5.41) is 16.5. The molecule has 0 saturated heterocycles. The van der Waals surface area contributed by atoms with Crippen LogP contribution in [0.15, 0.2) is 6.20 Å². The molecule has 0 amide bonds. The zero-order chi connectivity index (χ0) is 15.9. The summed E-state index contributed by atoms with van der Waals surface area (Å²) in [6, 6.07) is 0.201. The smallest absolute Gasteiger partial charge is 0.157 e. The minimum Gasteiger partial charge on any atom is -0.340 e. The van der Waals surface area contributed by atoms with Crippen molar-refractivity contribution in [2.75, 3.05) is 9.80 Å². The molecule has 0 unspecified atom stereocenters. The third-order valence-corrected chi connectivity index (χ3v) is 3.84. The topological polar surface area (TPSA) is 80.0 Å². The molecule has 1 aliphatic rings.